The topological polar surface area (TPSA) is 95.3 Å². The van der Waals surface area contributed by atoms with Crippen LogP contribution in [0.2, 0.25) is 0 Å². The number of benzene rings is 1. The van der Waals surface area contributed by atoms with Crippen LogP contribution >= 0.6 is 0 Å². The number of halogens is 3. The van der Waals surface area contributed by atoms with Crippen LogP contribution in [0.5, 0.6) is 0 Å². The van der Waals surface area contributed by atoms with Crippen molar-refractivity contribution in [2.45, 2.75) is 100 Å². The van der Waals surface area contributed by atoms with Crippen LogP contribution in [0.3, 0.4) is 0 Å². The summed E-state index contributed by atoms with van der Waals surface area (Å²) in [7, 11) is 0. The normalized spacial score (nSPS) is 12.2. The molecule has 11 heteroatoms. The van der Waals surface area contributed by atoms with Gasteiger partial charge in [-0.05, 0) is 51.0 Å². The lowest BCUT2D eigenvalue weighted by Crippen LogP contribution is -2.31. The van der Waals surface area contributed by atoms with E-state index in [1.54, 1.807) is 24.3 Å². The van der Waals surface area contributed by atoms with Crippen LogP contribution in [0.15, 0.2) is 24.3 Å². The van der Waals surface area contributed by atoms with Crippen molar-refractivity contribution in [1.29, 1.82) is 0 Å². The van der Waals surface area contributed by atoms with Gasteiger partial charge in [-0.1, -0.05) is 66.2 Å². The van der Waals surface area contributed by atoms with Gasteiger partial charge in [0.1, 0.15) is 23.5 Å². The average Bonchev–Trinajstić information content (AvgIpc) is 3.27. The number of amides is 1. The molecule has 3 rings (SSSR count). The number of carbonyl (C=O) groups is 2. The van der Waals surface area contributed by atoms with E-state index in [4.69, 9.17) is 9.57 Å². The number of para-hydroxylation sites is 1. The summed E-state index contributed by atoms with van der Waals surface area (Å²) < 4.78 is 46.2. The standard InChI is InChI=1S/C29H39F3N4O4.C2H6/c1-7-8-15-21-34-22-23(19-13-9-10-14-20(19)33-24(22)35-25(37)29(30,31)32)36(21)40-17-12-11-16-39-26(38)28(5,6)18-27(2,3)4;1-2/h9-10,13-14H,7-8,11-12,15-18H2,1-6H3,(H,33,35,37);1-2H3. The highest BCUT2D eigenvalue weighted by molar-refractivity contribution is 6.10. The number of fused-ring (bicyclic) bond motifs is 3. The number of hydrogen-bond donors (Lipinski definition) is 1. The number of nitrogens with zero attached hydrogens (tertiary/aromatic N) is 3. The number of alkyl halides is 3. The first-order valence-corrected chi connectivity index (χ1v) is 14.6. The molecule has 0 unspecified atom stereocenters. The first-order valence-electron chi connectivity index (χ1n) is 14.6. The van der Waals surface area contributed by atoms with Crippen LogP contribution in [-0.2, 0) is 20.7 Å². The number of hydrogen-bond acceptors (Lipinski definition) is 6. The fourth-order valence-electron chi connectivity index (χ4n) is 4.81. The molecule has 0 atom stereocenters. The molecule has 0 saturated carbocycles. The summed E-state index contributed by atoms with van der Waals surface area (Å²) in [5.74, 6) is -2.12. The van der Waals surface area contributed by atoms with Gasteiger partial charge in [-0.2, -0.15) is 17.9 Å². The van der Waals surface area contributed by atoms with Crippen molar-refractivity contribution in [2.75, 3.05) is 18.5 Å². The molecule has 0 aliphatic heterocycles. The first-order chi connectivity index (χ1) is 19.6. The quantitative estimate of drug-likeness (QED) is 0.171. The summed E-state index contributed by atoms with van der Waals surface area (Å²) >= 11 is 0. The lowest BCUT2D eigenvalue weighted by Gasteiger charge is -2.30. The van der Waals surface area contributed by atoms with Gasteiger partial charge in [0, 0.05) is 11.8 Å². The summed E-state index contributed by atoms with van der Waals surface area (Å²) in [6.07, 6.45) is -1.06. The summed E-state index contributed by atoms with van der Waals surface area (Å²) in [5.41, 5.74) is 0.354. The minimum absolute atomic E-state index is 0.00543. The third-order valence-corrected chi connectivity index (χ3v) is 6.28. The molecular formula is C31H45F3N4O4. The molecule has 8 nitrogen and oxygen atoms in total. The molecule has 0 radical (unpaired) electrons. The summed E-state index contributed by atoms with van der Waals surface area (Å²) in [4.78, 5) is 39.3. The van der Waals surface area contributed by atoms with E-state index in [-0.39, 0.29) is 35.9 Å². The Kier molecular flexibility index (Phi) is 12.2. The predicted molar refractivity (Wildman–Crippen MR) is 159 cm³/mol. The van der Waals surface area contributed by atoms with Crippen molar-refractivity contribution in [1.82, 2.24) is 14.7 Å². The third-order valence-electron chi connectivity index (χ3n) is 6.28. The van der Waals surface area contributed by atoms with Gasteiger partial charge < -0.3 is 14.9 Å². The van der Waals surface area contributed by atoms with Crippen molar-refractivity contribution in [3.8, 4) is 0 Å². The number of nitrogens with one attached hydrogen (secondary N) is 1. The zero-order valence-corrected chi connectivity index (χ0v) is 26.1. The molecule has 2 aromatic heterocycles. The minimum atomic E-state index is -5.07. The Morgan fingerprint density at radius 2 is 1.60 bits per heavy atom. The highest BCUT2D eigenvalue weighted by Gasteiger charge is 2.39. The zero-order chi connectivity index (χ0) is 31.7. The van der Waals surface area contributed by atoms with Gasteiger partial charge in [-0.25, -0.2) is 9.97 Å². The monoisotopic (exact) mass is 594 g/mol. The molecule has 3 aromatic rings. The number of anilines is 1. The Labute approximate surface area is 246 Å². The van der Waals surface area contributed by atoms with Gasteiger partial charge in [0.2, 0.25) is 0 Å². The lowest BCUT2D eigenvalue weighted by molar-refractivity contribution is -0.167. The zero-order valence-electron chi connectivity index (χ0n) is 26.1. The average molecular weight is 595 g/mol. The molecule has 42 heavy (non-hydrogen) atoms. The highest BCUT2D eigenvalue weighted by Crippen LogP contribution is 2.34. The summed E-state index contributed by atoms with van der Waals surface area (Å²) in [6, 6.07) is 6.93. The first kappa shape index (κ1) is 34.8. The van der Waals surface area contributed by atoms with Gasteiger partial charge in [-0.3, -0.25) is 9.59 Å². The van der Waals surface area contributed by atoms with E-state index in [0.29, 0.717) is 47.9 Å². The third kappa shape index (κ3) is 9.32. The Morgan fingerprint density at radius 1 is 0.952 bits per heavy atom. The van der Waals surface area contributed by atoms with Crippen LogP contribution in [0, 0.1) is 10.8 Å². The van der Waals surface area contributed by atoms with E-state index in [0.717, 1.165) is 12.8 Å². The fraction of sp³-hybridized carbons (Fsp3) is 0.613. The van der Waals surface area contributed by atoms with E-state index in [1.165, 1.54) is 4.73 Å². The van der Waals surface area contributed by atoms with Gasteiger partial charge in [0.25, 0.3) is 0 Å². The molecule has 1 N–H and O–H groups in total. The van der Waals surface area contributed by atoms with E-state index in [9.17, 15) is 22.8 Å². The Balaban J connectivity index is 0.00000301. The Hall–Kier alpha value is -3.37. The van der Waals surface area contributed by atoms with E-state index < -0.39 is 17.5 Å². The van der Waals surface area contributed by atoms with Gasteiger partial charge in [0.15, 0.2) is 5.82 Å². The number of pyridine rings is 1. The van der Waals surface area contributed by atoms with Crippen LogP contribution in [0.1, 0.15) is 93.3 Å². The largest absolute Gasteiger partial charge is 0.471 e. The maximum atomic E-state index is 13.0. The molecule has 1 amide bonds. The second-order valence-corrected chi connectivity index (χ2v) is 11.9. The van der Waals surface area contributed by atoms with Crippen molar-refractivity contribution < 1.29 is 32.3 Å². The Bertz CT molecular complexity index is 1340. The summed E-state index contributed by atoms with van der Waals surface area (Å²) in [5, 5.41) is 2.51. The molecule has 0 spiro atoms. The van der Waals surface area contributed by atoms with Crippen LogP contribution in [0.4, 0.5) is 19.0 Å². The van der Waals surface area contributed by atoms with Crippen molar-refractivity contribution in [3.05, 3.63) is 30.1 Å². The number of rotatable bonds is 12. The van der Waals surface area contributed by atoms with Gasteiger partial charge in [0.05, 0.1) is 17.5 Å². The molecule has 0 saturated heterocycles. The van der Waals surface area contributed by atoms with Crippen molar-refractivity contribution >= 4 is 39.6 Å². The number of aromatic nitrogens is 3. The number of unbranched alkanes of at least 4 members (excludes halogenated alkanes) is 2. The van der Waals surface area contributed by atoms with Gasteiger partial charge in [-0.15, -0.1) is 0 Å². The molecule has 2 heterocycles. The highest BCUT2D eigenvalue weighted by atomic mass is 19.4. The smallest absolute Gasteiger partial charge is 0.465 e. The molecule has 1 aromatic carbocycles. The summed E-state index contributed by atoms with van der Waals surface area (Å²) in [6.45, 7) is 16.6. The molecule has 0 fully saturated rings. The van der Waals surface area contributed by atoms with Gasteiger partial charge >= 0.3 is 18.1 Å². The number of imidazole rings is 1. The van der Waals surface area contributed by atoms with Crippen LogP contribution in [0.25, 0.3) is 21.9 Å². The van der Waals surface area contributed by atoms with Crippen LogP contribution in [-0.4, -0.2) is 46.0 Å². The molecule has 0 bridgehead atoms. The molecule has 234 valence electrons. The maximum absolute atomic E-state index is 13.0. The number of esters is 1. The Morgan fingerprint density at radius 3 is 2.21 bits per heavy atom. The van der Waals surface area contributed by atoms with Crippen molar-refractivity contribution in [2.24, 2.45) is 10.8 Å². The molecular weight excluding hydrogens is 549 g/mol. The van der Waals surface area contributed by atoms with E-state index >= 15 is 0 Å². The number of carbonyl (C=O) groups excluding carboxylic acids is 2. The number of aryl methyl sites for hydroxylation is 1. The van der Waals surface area contributed by atoms with Crippen molar-refractivity contribution in [3.63, 3.8) is 0 Å². The lowest BCUT2D eigenvalue weighted by atomic mass is 9.76. The van der Waals surface area contributed by atoms with E-state index in [1.807, 2.05) is 39.9 Å². The SMILES string of the molecule is CC.CCCCc1nc2c(NC(=O)C(F)(F)F)nc3ccccc3c2n1OCCCCOC(=O)C(C)(C)CC(C)(C)C. The van der Waals surface area contributed by atoms with Crippen LogP contribution < -0.4 is 10.2 Å². The molecule has 0 aliphatic rings. The fourth-order valence-corrected chi connectivity index (χ4v) is 4.81. The predicted octanol–water partition coefficient (Wildman–Crippen LogP) is 7.67. The maximum Gasteiger partial charge on any atom is 0.471 e. The second kappa shape index (κ2) is 14.7. The number of ether oxygens (including phenoxy) is 1. The second-order valence-electron chi connectivity index (χ2n) is 11.9. The molecule has 0 aliphatic carbocycles. The minimum Gasteiger partial charge on any atom is -0.465 e. The van der Waals surface area contributed by atoms with E-state index in [2.05, 4.69) is 30.7 Å².